The predicted molar refractivity (Wildman–Crippen MR) is 93.4 cm³/mol. The van der Waals surface area contributed by atoms with E-state index in [1.807, 2.05) is 23.7 Å². The number of rotatable bonds is 4. The van der Waals surface area contributed by atoms with Gasteiger partial charge in [0.15, 0.2) is 0 Å². The minimum absolute atomic E-state index is 0.527. The van der Waals surface area contributed by atoms with Gasteiger partial charge in [0, 0.05) is 59.4 Å². The van der Waals surface area contributed by atoms with E-state index in [0.29, 0.717) is 6.04 Å². The van der Waals surface area contributed by atoms with Crippen molar-refractivity contribution in [3.8, 4) is 0 Å². The second kappa shape index (κ2) is 6.07. The van der Waals surface area contributed by atoms with Gasteiger partial charge in [0.05, 0.1) is 0 Å². The van der Waals surface area contributed by atoms with Crippen molar-refractivity contribution in [1.29, 1.82) is 0 Å². The van der Waals surface area contributed by atoms with Crippen LogP contribution < -0.4 is 5.32 Å². The van der Waals surface area contributed by atoms with Crippen LogP contribution in [0.15, 0.2) is 54.2 Å². The molecule has 1 aromatic carbocycles. The van der Waals surface area contributed by atoms with Crippen molar-refractivity contribution in [3.05, 3.63) is 59.0 Å². The highest BCUT2D eigenvalue weighted by molar-refractivity contribution is 7.09. The maximum absolute atomic E-state index is 4.20. The Bertz CT molecular complexity index is 749. The standard InChI is InChI=1S/C18H19N3S/c1-3-14-11-19-8-6-17(14)18(5-1)20-15-7-9-21(12-15)13-16-4-2-10-22-16/h1-6,8,10-11,15,20H,7,9,12-13H2. The number of hydrogen-bond donors (Lipinski definition) is 1. The van der Waals surface area contributed by atoms with E-state index in [1.165, 1.54) is 34.3 Å². The molecule has 3 aromatic rings. The Morgan fingerprint density at radius 1 is 1.23 bits per heavy atom. The van der Waals surface area contributed by atoms with E-state index in [0.717, 1.165) is 13.1 Å². The molecule has 0 spiro atoms. The van der Waals surface area contributed by atoms with Gasteiger partial charge in [-0.2, -0.15) is 0 Å². The van der Waals surface area contributed by atoms with Crippen LogP contribution in [0.5, 0.6) is 0 Å². The fourth-order valence-corrected chi connectivity index (χ4v) is 3.93. The summed E-state index contributed by atoms with van der Waals surface area (Å²) >= 11 is 1.85. The third-order valence-electron chi connectivity index (χ3n) is 4.27. The minimum atomic E-state index is 0.527. The van der Waals surface area contributed by atoms with Crippen molar-refractivity contribution in [2.75, 3.05) is 18.4 Å². The lowest BCUT2D eigenvalue weighted by atomic mass is 10.1. The summed E-state index contributed by atoms with van der Waals surface area (Å²) in [4.78, 5) is 8.20. The van der Waals surface area contributed by atoms with E-state index in [2.05, 4.69) is 57.0 Å². The highest BCUT2D eigenvalue weighted by Gasteiger charge is 2.22. The molecule has 0 amide bonds. The molecule has 4 heteroatoms. The molecule has 3 heterocycles. The summed E-state index contributed by atoms with van der Waals surface area (Å²) in [5, 5.41) is 8.34. The molecule has 22 heavy (non-hydrogen) atoms. The first-order valence-electron chi connectivity index (χ1n) is 7.72. The van der Waals surface area contributed by atoms with Crippen molar-refractivity contribution < 1.29 is 0 Å². The van der Waals surface area contributed by atoms with Crippen LogP contribution in [0.4, 0.5) is 5.69 Å². The van der Waals surface area contributed by atoms with Crippen molar-refractivity contribution in [2.45, 2.75) is 19.0 Å². The first-order valence-corrected chi connectivity index (χ1v) is 8.60. The summed E-state index contributed by atoms with van der Waals surface area (Å²) in [6.07, 6.45) is 5.00. The van der Waals surface area contributed by atoms with Crippen LogP contribution in [0.1, 0.15) is 11.3 Å². The lowest BCUT2D eigenvalue weighted by Crippen LogP contribution is -2.25. The number of hydrogen-bond acceptors (Lipinski definition) is 4. The predicted octanol–water partition coefficient (Wildman–Crippen LogP) is 3.98. The molecular formula is C18H19N3S. The quantitative estimate of drug-likeness (QED) is 0.790. The molecule has 112 valence electrons. The maximum atomic E-state index is 4.20. The highest BCUT2D eigenvalue weighted by atomic mass is 32.1. The Morgan fingerprint density at radius 2 is 2.23 bits per heavy atom. The van der Waals surface area contributed by atoms with Gasteiger partial charge in [0.1, 0.15) is 0 Å². The molecule has 1 fully saturated rings. The van der Waals surface area contributed by atoms with Crippen LogP contribution in [0, 0.1) is 0 Å². The Kier molecular flexibility index (Phi) is 3.79. The molecule has 3 nitrogen and oxygen atoms in total. The zero-order valence-corrected chi connectivity index (χ0v) is 13.2. The second-order valence-corrected chi connectivity index (χ2v) is 6.88. The van der Waals surface area contributed by atoms with Crippen molar-refractivity contribution in [3.63, 3.8) is 0 Å². The Hall–Kier alpha value is -1.91. The molecule has 1 saturated heterocycles. The lowest BCUT2D eigenvalue weighted by Gasteiger charge is -2.17. The van der Waals surface area contributed by atoms with Crippen molar-refractivity contribution in [1.82, 2.24) is 9.88 Å². The second-order valence-electron chi connectivity index (χ2n) is 5.85. The molecule has 2 aromatic heterocycles. The Balaban J connectivity index is 1.45. The fraction of sp³-hybridized carbons (Fsp3) is 0.278. The first kappa shape index (κ1) is 13.7. The molecule has 4 rings (SSSR count). The van der Waals surface area contributed by atoms with E-state index in [1.54, 1.807) is 0 Å². The van der Waals surface area contributed by atoms with Gasteiger partial charge in [-0.05, 0) is 30.0 Å². The van der Waals surface area contributed by atoms with Gasteiger partial charge in [-0.3, -0.25) is 9.88 Å². The van der Waals surface area contributed by atoms with Crippen molar-refractivity contribution >= 4 is 27.8 Å². The maximum Gasteiger partial charge on any atom is 0.0423 e. The molecule has 1 aliphatic rings. The van der Waals surface area contributed by atoms with Gasteiger partial charge in [0.2, 0.25) is 0 Å². The van der Waals surface area contributed by atoms with Gasteiger partial charge in [-0.15, -0.1) is 11.3 Å². The normalized spacial score (nSPS) is 18.8. The number of aromatic nitrogens is 1. The molecule has 0 bridgehead atoms. The number of benzene rings is 1. The van der Waals surface area contributed by atoms with E-state index >= 15 is 0 Å². The van der Waals surface area contributed by atoms with Gasteiger partial charge >= 0.3 is 0 Å². The third kappa shape index (κ3) is 2.85. The van der Waals surface area contributed by atoms with Crippen LogP contribution in [0.25, 0.3) is 10.8 Å². The smallest absolute Gasteiger partial charge is 0.0423 e. The summed E-state index contributed by atoms with van der Waals surface area (Å²) in [5.74, 6) is 0. The van der Waals surface area contributed by atoms with Crippen LogP contribution in [-0.4, -0.2) is 29.0 Å². The largest absolute Gasteiger partial charge is 0.380 e. The number of likely N-dealkylation sites (tertiary alicyclic amines) is 1. The number of pyridine rings is 1. The number of nitrogens with one attached hydrogen (secondary N) is 1. The van der Waals surface area contributed by atoms with Gasteiger partial charge < -0.3 is 5.32 Å². The molecule has 0 aliphatic carbocycles. The van der Waals surface area contributed by atoms with Crippen molar-refractivity contribution in [2.24, 2.45) is 0 Å². The topological polar surface area (TPSA) is 28.2 Å². The van der Waals surface area contributed by atoms with E-state index < -0.39 is 0 Å². The summed E-state index contributed by atoms with van der Waals surface area (Å²) in [6, 6.07) is 13.4. The summed E-state index contributed by atoms with van der Waals surface area (Å²) < 4.78 is 0. The molecule has 1 atom stereocenters. The number of fused-ring (bicyclic) bond motifs is 1. The summed E-state index contributed by atoms with van der Waals surface area (Å²) in [6.45, 7) is 3.36. The zero-order valence-electron chi connectivity index (χ0n) is 12.4. The average molecular weight is 309 g/mol. The molecule has 0 radical (unpaired) electrons. The molecule has 1 unspecified atom stereocenters. The number of thiophene rings is 1. The molecular weight excluding hydrogens is 290 g/mol. The average Bonchev–Trinajstić information content (AvgIpc) is 3.20. The zero-order chi connectivity index (χ0) is 14.8. The fourth-order valence-electron chi connectivity index (χ4n) is 3.19. The Labute approximate surface area is 134 Å². The first-order chi connectivity index (χ1) is 10.9. The van der Waals surface area contributed by atoms with Gasteiger partial charge in [-0.1, -0.05) is 18.2 Å². The highest BCUT2D eigenvalue weighted by Crippen LogP contribution is 2.25. The molecule has 0 saturated carbocycles. The van der Waals surface area contributed by atoms with Crippen LogP contribution in [-0.2, 0) is 6.54 Å². The van der Waals surface area contributed by atoms with Crippen LogP contribution in [0.2, 0.25) is 0 Å². The molecule has 1 aliphatic heterocycles. The summed E-state index contributed by atoms with van der Waals surface area (Å²) in [7, 11) is 0. The van der Waals surface area contributed by atoms with Gasteiger partial charge in [-0.25, -0.2) is 0 Å². The van der Waals surface area contributed by atoms with Crippen LogP contribution in [0.3, 0.4) is 0 Å². The lowest BCUT2D eigenvalue weighted by molar-refractivity contribution is 0.331. The minimum Gasteiger partial charge on any atom is -0.380 e. The molecule has 1 N–H and O–H groups in total. The number of anilines is 1. The third-order valence-corrected chi connectivity index (χ3v) is 5.13. The summed E-state index contributed by atoms with van der Waals surface area (Å²) in [5.41, 5.74) is 1.22. The van der Waals surface area contributed by atoms with E-state index in [9.17, 15) is 0 Å². The van der Waals surface area contributed by atoms with Crippen LogP contribution >= 0.6 is 11.3 Å². The number of nitrogens with zero attached hydrogens (tertiary/aromatic N) is 2. The monoisotopic (exact) mass is 309 g/mol. The Morgan fingerprint density at radius 3 is 3.14 bits per heavy atom. The SMILES string of the molecule is c1csc(CN2CCC(Nc3cccc4cnccc34)C2)c1. The van der Waals surface area contributed by atoms with E-state index in [4.69, 9.17) is 0 Å². The van der Waals surface area contributed by atoms with Gasteiger partial charge in [0.25, 0.3) is 0 Å². The van der Waals surface area contributed by atoms with E-state index in [-0.39, 0.29) is 0 Å².